The van der Waals surface area contributed by atoms with Gasteiger partial charge in [0.2, 0.25) is 0 Å². The van der Waals surface area contributed by atoms with Crippen LogP contribution in [-0.4, -0.2) is 23.8 Å². The maximum Gasteiger partial charge on any atom is 0.262 e. The molecule has 0 aliphatic heterocycles. The number of hydrogen-bond donors (Lipinski definition) is 1. The fourth-order valence-corrected chi connectivity index (χ4v) is 1.62. The maximum absolute atomic E-state index is 11.7. The molecule has 0 saturated heterocycles. The van der Waals surface area contributed by atoms with Crippen molar-refractivity contribution < 1.29 is 14.3 Å². The second-order valence-corrected chi connectivity index (χ2v) is 4.24. The van der Waals surface area contributed by atoms with Crippen molar-refractivity contribution in [2.45, 2.75) is 6.92 Å². The average molecular weight is 270 g/mol. The third-order valence-electron chi connectivity index (χ3n) is 2.55. The normalized spacial score (nSPS) is 9.85. The Bertz CT molecular complexity index is 609. The summed E-state index contributed by atoms with van der Waals surface area (Å²) in [6.07, 6.45) is 2.05. The number of nitrogens with one attached hydrogen (secondary N) is 1. The number of hydrogen-bond acceptors (Lipinski definition) is 4. The number of amides is 1. The van der Waals surface area contributed by atoms with Gasteiger partial charge in [0.1, 0.15) is 11.4 Å². The van der Waals surface area contributed by atoms with Crippen molar-refractivity contribution in [3.8, 4) is 5.75 Å². The first kappa shape index (κ1) is 13.7. The molecule has 0 fully saturated rings. The molecule has 0 aliphatic carbocycles. The molecule has 0 bridgehead atoms. The average Bonchev–Trinajstić information content (AvgIpc) is 2.46. The van der Waals surface area contributed by atoms with E-state index in [4.69, 9.17) is 4.74 Å². The number of aromatic nitrogens is 1. The van der Waals surface area contributed by atoms with Crippen LogP contribution in [0.15, 0.2) is 42.6 Å². The van der Waals surface area contributed by atoms with Gasteiger partial charge in [0.15, 0.2) is 12.9 Å². The summed E-state index contributed by atoms with van der Waals surface area (Å²) in [5, 5.41) is 2.74. The summed E-state index contributed by atoms with van der Waals surface area (Å²) < 4.78 is 5.28. The first-order chi connectivity index (χ1) is 9.67. The Morgan fingerprint density at radius 2 is 2.20 bits per heavy atom. The molecule has 2 rings (SSSR count). The van der Waals surface area contributed by atoms with Gasteiger partial charge >= 0.3 is 0 Å². The summed E-state index contributed by atoms with van der Waals surface area (Å²) >= 11 is 0. The molecule has 1 aromatic heterocycles. The van der Waals surface area contributed by atoms with Gasteiger partial charge in [-0.3, -0.25) is 9.59 Å². The lowest BCUT2D eigenvalue weighted by molar-refractivity contribution is -0.118. The van der Waals surface area contributed by atoms with E-state index in [1.165, 1.54) is 12.3 Å². The smallest absolute Gasteiger partial charge is 0.262 e. The topological polar surface area (TPSA) is 68.3 Å². The van der Waals surface area contributed by atoms with Gasteiger partial charge in [0, 0.05) is 5.69 Å². The molecule has 0 aliphatic rings. The number of nitrogens with zero attached hydrogens (tertiary/aromatic N) is 1. The fourth-order valence-electron chi connectivity index (χ4n) is 1.62. The van der Waals surface area contributed by atoms with Gasteiger partial charge in [0.25, 0.3) is 5.91 Å². The molecule has 5 nitrogen and oxygen atoms in total. The van der Waals surface area contributed by atoms with Crippen LogP contribution in [0.25, 0.3) is 0 Å². The van der Waals surface area contributed by atoms with Crippen molar-refractivity contribution in [3.05, 3.63) is 53.9 Å². The SMILES string of the molecule is Cc1cccc(NC(=O)COc2ccc(C=O)nc2)c1. The number of benzene rings is 1. The van der Waals surface area contributed by atoms with Crippen molar-refractivity contribution in [3.63, 3.8) is 0 Å². The number of aldehydes is 1. The summed E-state index contributed by atoms with van der Waals surface area (Å²) in [6.45, 7) is 1.84. The van der Waals surface area contributed by atoms with Crippen LogP contribution in [0.3, 0.4) is 0 Å². The Morgan fingerprint density at radius 1 is 1.35 bits per heavy atom. The molecule has 102 valence electrons. The lowest BCUT2D eigenvalue weighted by Gasteiger charge is -2.07. The Labute approximate surface area is 116 Å². The molecule has 2 aromatic rings. The minimum atomic E-state index is -0.255. The fraction of sp³-hybridized carbons (Fsp3) is 0.133. The lowest BCUT2D eigenvalue weighted by atomic mass is 10.2. The maximum atomic E-state index is 11.7. The molecule has 1 N–H and O–H groups in total. The number of rotatable bonds is 5. The Balaban J connectivity index is 1.87. The van der Waals surface area contributed by atoms with Crippen LogP contribution in [0, 0.1) is 6.92 Å². The minimum Gasteiger partial charge on any atom is -0.482 e. The van der Waals surface area contributed by atoms with E-state index >= 15 is 0 Å². The molecule has 1 heterocycles. The zero-order valence-corrected chi connectivity index (χ0v) is 11.0. The van der Waals surface area contributed by atoms with E-state index < -0.39 is 0 Å². The van der Waals surface area contributed by atoms with E-state index in [0.29, 0.717) is 17.7 Å². The van der Waals surface area contributed by atoms with E-state index in [1.807, 2.05) is 31.2 Å². The van der Waals surface area contributed by atoms with Crippen LogP contribution in [0.5, 0.6) is 5.75 Å². The van der Waals surface area contributed by atoms with Gasteiger partial charge in [-0.2, -0.15) is 0 Å². The quantitative estimate of drug-likeness (QED) is 0.846. The number of carbonyl (C=O) groups is 2. The van der Waals surface area contributed by atoms with E-state index in [2.05, 4.69) is 10.3 Å². The molecule has 1 amide bonds. The Kier molecular flexibility index (Phi) is 4.44. The molecule has 0 atom stereocenters. The highest BCUT2D eigenvalue weighted by Crippen LogP contribution is 2.11. The third kappa shape index (κ3) is 3.91. The van der Waals surface area contributed by atoms with Crippen molar-refractivity contribution in [1.82, 2.24) is 4.98 Å². The molecule has 1 aromatic carbocycles. The molecule has 0 radical (unpaired) electrons. The second kappa shape index (κ2) is 6.47. The third-order valence-corrected chi connectivity index (χ3v) is 2.55. The zero-order chi connectivity index (χ0) is 14.4. The molecular weight excluding hydrogens is 256 g/mol. The second-order valence-electron chi connectivity index (χ2n) is 4.24. The van der Waals surface area contributed by atoms with Gasteiger partial charge in [-0.15, -0.1) is 0 Å². The van der Waals surface area contributed by atoms with Gasteiger partial charge < -0.3 is 10.1 Å². The highest BCUT2D eigenvalue weighted by atomic mass is 16.5. The highest BCUT2D eigenvalue weighted by molar-refractivity contribution is 5.91. The van der Waals surface area contributed by atoms with E-state index in [0.717, 1.165) is 11.3 Å². The molecule has 0 saturated carbocycles. The van der Waals surface area contributed by atoms with Crippen LogP contribution < -0.4 is 10.1 Å². The largest absolute Gasteiger partial charge is 0.482 e. The minimum absolute atomic E-state index is 0.115. The van der Waals surface area contributed by atoms with Crippen LogP contribution in [-0.2, 0) is 4.79 Å². The standard InChI is InChI=1S/C15H14N2O3/c1-11-3-2-4-12(7-11)17-15(19)10-20-14-6-5-13(9-18)16-8-14/h2-9H,10H2,1H3,(H,17,19). The highest BCUT2D eigenvalue weighted by Gasteiger charge is 2.04. The van der Waals surface area contributed by atoms with Gasteiger partial charge in [-0.05, 0) is 36.8 Å². The lowest BCUT2D eigenvalue weighted by Crippen LogP contribution is -2.20. The molecular formula is C15H14N2O3. The van der Waals surface area contributed by atoms with Gasteiger partial charge in [-0.1, -0.05) is 12.1 Å². The number of anilines is 1. The van der Waals surface area contributed by atoms with Gasteiger partial charge in [0.05, 0.1) is 6.20 Å². The number of aryl methyl sites for hydroxylation is 1. The summed E-state index contributed by atoms with van der Waals surface area (Å²) in [4.78, 5) is 26.0. The van der Waals surface area contributed by atoms with Crippen LogP contribution in [0.2, 0.25) is 0 Å². The van der Waals surface area contributed by atoms with Gasteiger partial charge in [-0.25, -0.2) is 4.98 Å². The predicted molar refractivity (Wildman–Crippen MR) is 74.9 cm³/mol. The molecule has 0 unspecified atom stereocenters. The van der Waals surface area contributed by atoms with Crippen molar-refractivity contribution >= 4 is 17.9 Å². The van der Waals surface area contributed by atoms with Crippen LogP contribution in [0.1, 0.15) is 16.1 Å². The summed E-state index contributed by atoms with van der Waals surface area (Å²) in [6, 6.07) is 10.6. The number of carbonyl (C=O) groups excluding carboxylic acids is 2. The molecule has 5 heteroatoms. The van der Waals surface area contributed by atoms with Crippen molar-refractivity contribution in [1.29, 1.82) is 0 Å². The molecule has 0 spiro atoms. The van der Waals surface area contributed by atoms with Crippen molar-refractivity contribution in [2.24, 2.45) is 0 Å². The van der Waals surface area contributed by atoms with Crippen LogP contribution >= 0.6 is 0 Å². The Morgan fingerprint density at radius 3 is 2.85 bits per heavy atom. The first-order valence-corrected chi connectivity index (χ1v) is 6.08. The van der Waals surface area contributed by atoms with E-state index in [1.54, 1.807) is 6.07 Å². The summed E-state index contributed by atoms with van der Waals surface area (Å²) in [7, 11) is 0. The molecule has 20 heavy (non-hydrogen) atoms. The summed E-state index contributed by atoms with van der Waals surface area (Å²) in [5.74, 6) is 0.185. The Hall–Kier alpha value is -2.69. The van der Waals surface area contributed by atoms with Crippen LogP contribution in [0.4, 0.5) is 5.69 Å². The zero-order valence-electron chi connectivity index (χ0n) is 11.0. The van der Waals surface area contributed by atoms with E-state index in [-0.39, 0.29) is 12.5 Å². The van der Waals surface area contributed by atoms with Crippen molar-refractivity contribution in [2.75, 3.05) is 11.9 Å². The number of pyridine rings is 1. The number of ether oxygens (including phenoxy) is 1. The van der Waals surface area contributed by atoms with E-state index in [9.17, 15) is 9.59 Å². The monoisotopic (exact) mass is 270 g/mol. The predicted octanol–water partition coefficient (Wildman–Crippen LogP) is 2.22. The summed E-state index contributed by atoms with van der Waals surface area (Å²) in [5.41, 5.74) is 2.12. The first-order valence-electron chi connectivity index (χ1n) is 6.08.